The van der Waals surface area contributed by atoms with Gasteiger partial charge in [0, 0.05) is 11.3 Å². The van der Waals surface area contributed by atoms with Crippen molar-refractivity contribution in [3.05, 3.63) is 59.7 Å². The molecular formula is C22H27BrN2O2S. The third-order valence-corrected chi connectivity index (χ3v) is 6.52. The number of thioether (sulfide) groups is 1. The van der Waals surface area contributed by atoms with Gasteiger partial charge in [0.15, 0.2) is 6.54 Å². The summed E-state index contributed by atoms with van der Waals surface area (Å²) in [4.78, 5) is 2.26. The SMILES string of the molecule is CCOc1ccc(C2(O)CN(c3ccc(CC)cc3)C3=[N+]2CCCS3)cc1.[Br-]. The van der Waals surface area contributed by atoms with E-state index in [-0.39, 0.29) is 17.0 Å². The van der Waals surface area contributed by atoms with E-state index < -0.39 is 5.72 Å². The maximum Gasteiger partial charge on any atom is 0.316 e. The Kier molecular flexibility index (Phi) is 6.73. The molecule has 150 valence electrons. The highest BCUT2D eigenvalue weighted by Gasteiger charge is 2.53. The number of nitrogens with zero attached hydrogens (tertiary/aromatic N) is 2. The van der Waals surface area contributed by atoms with Gasteiger partial charge in [-0.05, 0) is 73.5 Å². The van der Waals surface area contributed by atoms with Crippen LogP contribution < -0.4 is 26.6 Å². The van der Waals surface area contributed by atoms with Crippen LogP contribution in [0.3, 0.4) is 0 Å². The van der Waals surface area contributed by atoms with Crippen molar-refractivity contribution in [3.63, 3.8) is 0 Å². The molecule has 0 radical (unpaired) electrons. The van der Waals surface area contributed by atoms with Crippen LogP contribution in [0, 0.1) is 0 Å². The molecule has 28 heavy (non-hydrogen) atoms. The van der Waals surface area contributed by atoms with E-state index in [2.05, 4.69) is 40.7 Å². The van der Waals surface area contributed by atoms with Crippen LogP contribution in [0.5, 0.6) is 5.75 Å². The lowest BCUT2D eigenvalue weighted by atomic mass is 10.0. The van der Waals surface area contributed by atoms with Crippen molar-refractivity contribution in [1.82, 2.24) is 0 Å². The smallest absolute Gasteiger partial charge is 0.316 e. The van der Waals surface area contributed by atoms with Gasteiger partial charge in [0.25, 0.3) is 5.72 Å². The molecule has 2 aliphatic rings. The minimum Gasteiger partial charge on any atom is -1.00 e. The molecule has 0 spiro atoms. The van der Waals surface area contributed by atoms with E-state index >= 15 is 0 Å². The molecule has 0 saturated carbocycles. The lowest BCUT2D eigenvalue weighted by Crippen LogP contribution is -3.00. The minimum atomic E-state index is -1.02. The van der Waals surface area contributed by atoms with Crippen LogP contribution in [0.2, 0.25) is 0 Å². The van der Waals surface area contributed by atoms with Crippen molar-refractivity contribution in [2.45, 2.75) is 32.4 Å². The normalized spacial score (nSPS) is 21.3. The fourth-order valence-corrected chi connectivity index (χ4v) is 5.03. The molecule has 0 saturated heterocycles. The van der Waals surface area contributed by atoms with Crippen LogP contribution in [0.4, 0.5) is 5.69 Å². The first kappa shape index (κ1) is 21.2. The van der Waals surface area contributed by atoms with E-state index in [1.807, 2.05) is 43.0 Å². The van der Waals surface area contributed by atoms with Gasteiger partial charge in [0.2, 0.25) is 0 Å². The minimum absolute atomic E-state index is 0. The summed E-state index contributed by atoms with van der Waals surface area (Å²) in [6.45, 7) is 6.20. The molecule has 2 heterocycles. The van der Waals surface area contributed by atoms with Crippen LogP contribution >= 0.6 is 11.8 Å². The molecule has 0 fully saturated rings. The highest BCUT2D eigenvalue weighted by Crippen LogP contribution is 2.38. The Bertz CT molecular complexity index is 839. The molecule has 2 aliphatic heterocycles. The van der Waals surface area contributed by atoms with Crippen LogP contribution in [0.15, 0.2) is 48.5 Å². The van der Waals surface area contributed by atoms with Crippen LogP contribution in [-0.2, 0) is 12.1 Å². The summed E-state index contributed by atoms with van der Waals surface area (Å²) in [6.07, 6.45) is 2.12. The first-order valence-corrected chi connectivity index (χ1v) is 10.7. The Labute approximate surface area is 182 Å². The summed E-state index contributed by atoms with van der Waals surface area (Å²) in [5.74, 6) is 1.93. The summed E-state index contributed by atoms with van der Waals surface area (Å²) in [5.41, 5.74) is 2.37. The van der Waals surface area contributed by atoms with E-state index in [0.29, 0.717) is 13.2 Å². The third-order valence-electron chi connectivity index (χ3n) is 5.33. The topological polar surface area (TPSA) is 35.7 Å². The number of benzene rings is 2. The first-order valence-electron chi connectivity index (χ1n) is 9.75. The van der Waals surface area contributed by atoms with E-state index in [9.17, 15) is 5.11 Å². The highest BCUT2D eigenvalue weighted by molar-refractivity contribution is 8.13. The van der Waals surface area contributed by atoms with Crippen molar-refractivity contribution < 1.29 is 31.4 Å². The van der Waals surface area contributed by atoms with Crippen LogP contribution in [-0.4, -0.2) is 40.3 Å². The molecule has 2 aromatic carbocycles. The average molecular weight is 463 g/mol. The fraction of sp³-hybridized carbons (Fsp3) is 0.409. The number of anilines is 1. The zero-order valence-corrected chi connectivity index (χ0v) is 18.8. The largest absolute Gasteiger partial charge is 1.00 e. The van der Waals surface area contributed by atoms with Gasteiger partial charge in [-0.25, -0.2) is 9.48 Å². The van der Waals surface area contributed by atoms with E-state index in [0.717, 1.165) is 47.3 Å². The molecule has 1 N–H and O–H groups in total. The second-order valence-electron chi connectivity index (χ2n) is 7.02. The fourth-order valence-electron chi connectivity index (χ4n) is 3.85. The number of halogens is 1. The zero-order chi connectivity index (χ0) is 18.9. The molecule has 1 atom stereocenters. The molecule has 4 rings (SSSR count). The summed E-state index contributed by atoms with van der Waals surface area (Å²) in [6, 6.07) is 16.6. The van der Waals surface area contributed by atoms with Gasteiger partial charge in [-0.2, -0.15) is 0 Å². The number of hydrogen-bond acceptors (Lipinski definition) is 4. The van der Waals surface area contributed by atoms with Crippen molar-refractivity contribution in [2.75, 3.05) is 30.3 Å². The summed E-state index contributed by atoms with van der Waals surface area (Å²) >= 11 is 1.84. The number of β-amino-alcohol motifs (C(OH)–C–C–N with tert-alkyl or cyclic N) is 1. The van der Waals surface area contributed by atoms with Gasteiger partial charge in [-0.1, -0.05) is 19.1 Å². The molecule has 2 aromatic rings. The van der Waals surface area contributed by atoms with Gasteiger partial charge in [0.1, 0.15) is 11.4 Å². The summed E-state index contributed by atoms with van der Waals surface area (Å²) in [7, 11) is 0. The molecule has 4 nitrogen and oxygen atoms in total. The van der Waals surface area contributed by atoms with Crippen molar-refractivity contribution in [2.24, 2.45) is 0 Å². The first-order chi connectivity index (χ1) is 13.2. The Hall–Kier alpha value is -1.50. The Morgan fingerprint density at radius 2 is 1.82 bits per heavy atom. The average Bonchev–Trinajstić information content (AvgIpc) is 3.03. The van der Waals surface area contributed by atoms with Gasteiger partial charge >= 0.3 is 5.17 Å². The zero-order valence-electron chi connectivity index (χ0n) is 16.4. The second kappa shape index (κ2) is 8.89. The summed E-state index contributed by atoms with van der Waals surface area (Å²) in [5, 5.41) is 12.9. The van der Waals surface area contributed by atoms with Gasteiger partial charge in [0.05, 0.1) is 13.2 Å². The van der Waals surface area contributed by atoms with Gasteiger partial charge < -0.3 is 26.8 Å². The number of rotatable bonds is 5. The predicted octanol–water partition coefficient (Wildman–Crippen LogP) is 0.822. The number of hydrogen-bond donors (Lipinski definition) is 1. The lowest BCUT2D eigenvalue weighted by molar-refractivity contribution is -0.656. The van der Waals surface area contributed by atoms with Crippen molar-refractivity contribution in [3.8, 4) is 5.75 Å². The van der Waals surface area contributed by atoms with Crippen molar-refractivity contribution >= 4 is 22.6 Å². The Balaban J connectivity index is 0.00000225. The second-order valence-corrected chi connectivity index (χ2v) is 8.08. The van der Waals surface area contributed by atoms with E-state index in [1.54, 1.807) is 0 Å². The molecule has 0 aliphatic carbocycles. The molecular weight excluding hydrogens is 436 g/mol. The molecule has 1 unspecified atom stereocenters. The monoisotopic (exact) mass is 462 g/mol. The summed E-state index contributed by atoms with van der Waals surface area (Å²) < 4.78 is 7.73. The van der Waals surface area contributed by atoms with Crippen LogP contribution in [0.25, 0.3) is 0 Å². The number of amidine groups is 1. The Morgan fingerprint density at radius 1 is 1.11 bits per heavy atom. The van der Waals surface area contributed by atoms with Gasteiger partial charge in [-0.3, -0.25) is 0 Å². The molecule has 0 aromatic heterocycles. The number of aryl methyl sites for hydroxylation is 1. The Morgan fingerprint density at radius 3 is 2.46 bits per heavy atom. The van der Waals surface area contributed by atoms with Crippen LogP contribution in [0.1, 0.15) is 31.4 Å². The predicted molar refractivity (Wildman–Crippen MR) is 112 cm³/mol. The van der Waals surface area contributed by atoms with E-state index in [4.69, 9.17) is 4.74 Å². The number of ether oxygens (including phenoxy) is 1. The molecule has 6 heteroatoms. The maximum atomic E-state index is 11.7. The quantitative estimate of drug-likeness (QED) is 0.667. The highest BCUT2D eigenvalue weighted by atomic mass is 79.9. The number of aliphatic hydroxyl groups is 1. The van der Waals surface area contributed by atoms with Gasteiger partial charge in [-0.15, -0.1) is 0 Å². The molecule has 0 bridgehead atoms. The third kappa shape index (κ3) is 3.82. The lowest BCUT2D eigenvalue weighted by Gasteiger charge is -2.24. The van der Waals surface area contributed by atoms with E-state index in [1.165, 1.54) is 5.56 Å². The standard InChI is InChI=1S/C22H27N2O2S.BrH/c1-3-17-6-10-19(11-7-17)23-16-22(25,24-14-5-15-27-21(23)24)18-8-12-20(13-9-18)26-4-2;/h6-13,25H,3-5,14-16H2,1-2H3;1H/q+1;/p-1. The van der Waals surface area contributed by atoms with Crippen molar-refractivity contribution in [1.29, 1.82) is 0 Å². The molecule has 0 amide bonds. The maximum absolute atomic E-state index is 11.7.